The molecule has 1 fully saturated rings. The average Bonchev–Trinajstić information content (AvgIpc) is 3.33. The Hall–Kier alpha value is -2.47. The average molecular weight is 353 g/mol. The van der Waals surface area contributed by atoms with Crippen molar-refractivity contribution in [3.63, 3.8) is 0 Å². The Morgan fingerprint density at radius 2 is 1.92 bits per heavy atom. The number of aromatic nitrogens is 2. The van der Waals surface area contributed by atoms with Gasteiger partial charge in [-0.05, 0) is 44.0 Å². The third kappa shape index (κ3) is 3.35. The van der Waals surface area contributed by atoms with Gasteiger partial charge in [-0.25, -0.2) is 0 Å². The van der Waals surface area contributed by atoms with Crippen LogP contribution < -0.4 is 0 Å². The zero-order valence-corrected chi connectivity index (χ0v) is 14.8. The number of aryl methyl sites for hydroxylation is 1. The Bertz CT molecular complexity index is 847. The summed E-state index contributed by atoms with van der Waals surface area (Å²) in [6.45, 7) is 3.54. The zero-order chi connectivity index (χ0) is 17.2. The summed E-state index contributed by atoms with van der Waals surface area (Å²) in [6.07, 6.45) is 3.49. The van der Waals surface area contributed by atoms with Crippen LogP contribution in [-0.4, -0.2) is 34.1 Å². The summed E-state index contributed by atoms with van der Waals surface area (Å²) in [5.41, 5.74) is 1.93. The molecule has 2 aromatic heterocycles. The van der Waals surface area contributed by atoms with Gasteiger partial charge in [0, 0.05) is 24.6 Å². The first-order chi connectivity index (χ1) is 12.2. The predicted octanol–water partition coefficient (Wildman–Crippen LogP) is 4.13. The fraction of sp³-hybridized carbons (Fsp3) is 0.316. The van der Waals surface area contributed by atoms with E-state index in [1.807, 2.05) is 48.2 Å². The summed E-state index contributed by atoms with van der Waals surface area (Å²) in [7, 11) is 0. The van der Waals surface area contributed by atoms with Crippen molar-refractivity contribution in [1.29, 1.82) is 0 Å². The molecule has 0 bridgehead atoms. The molecule has 25 heavy (non-hydrogen) atoms. The highest BCUT2D eigenvalue weighted by molar-refractivity contribution is 7.14. The summed E-state index contributed by atoms with van der Waals surface area (Å²) in [5.74, 6) is 1.24. The predicted molar refractivity (Wildman–Crippen MR) is 96.7 cm³/mol. The molecule has 1 saturated heterocycles. The van der Waals surface area contributed by atoms with E-state index >= 15 is 0 Å². The van der Waals surface area contributed by atoms with Gasteiger partial charge in [0.15, 0.2) is 10.8 Å². The second kappa shape index (κ2) is 6.80. The van der Waals surface area contributed by atoms with Crippen LogP contribution in [0.4, 0.5) is 0 Å². The molecule has 0 unspecified atom stereocenters. The highest BCUT2D eigenvalue weighted by Gasteiger charge is 2.27. The highest BCUT2D eigenvalue weighted by Crippen LogP contribution is 2.33. The molecule has 128 valence electrons. The van der Waals surface area contributed by atoms with Crippen LogP contribution in [0.15, 0.2) is 47.1 Å². The number of rotatable bonds is 3. The molecule has 1 aliphatic heterocycles. The van der Waals surface area contributed by atoms with Crippen LogP contribution in [0.2, 0.25) is 0 Å². The van der Waals surface area contributed by atoms with Gasteiger partial charge in [-0.15, -0.1) is 10.2 Å². The third-order valence-electron chi connectivity index (χ3n) is 4.60. The summed E-state index contributed by atoms with van der Waals surface area (Å²) in [6, 6.07) is 11.5. The number of hydrogen-bond donors (Lipinski definition) is 0. The smallest absolute Gasteiger partial charge is 0.253 e. The Balaban J connectivity index is 1.40. The molecular formula is C19H19N3O2S. The van der Waals surface area contributed by atoms with Gasteiger partial charge >= 0.3 is 0 Å². The van der Waals surface area contributed by atoms with Crippen molar-refractivity contribution in [1.82, 2.24) is 15.1 Å². The van der Waals surface area contributed by atoms with Crippen LogP contribution in [0, 0.1) is 6.92 Å². The van der Waals surface area contributed by atoms with Crippen LogP contribution in [0.3, 0.4) is 0 Å². The minimum atomic E-state index is 0.118. The van der Waals surface area contributed by atoms with Gasteiger partial charge in [-0.2, -0.15) is 0 Å². The molecule has 3 aromatic rings. The second-order valence-electron chi connectivity index (χ2n) is 6.36. The monoisotopic (exact) mass is 353 g/mol. The number of carbonyl (C=O) groups is 1. The molecule has 5 nitrogen and oxygen atoms in total. The molecule has 3 heterocycles. The van der Waals surface area contributed by atoms with Gasteiger partial charge in [-0.1, -0.05) is 29.0 Å². The van der Waals surface area contributed by atoms with Gasteiger partial charge in [0.1, 0.15) is 5.01 Å². The van der Waals surface area contributed by atoms with Crippen LogP contribution in [0.25, 0.3) is 10.8 Å². The quantitative estimate of drug-likeness (QED) is 0.710. The lowest BCUT2D eigenvalue weighted by Gasteiger charge is -2.31. The van der Waals surface area contributed by atoms with Gasteiger partial charge in [0.05, 0.1) is 6.26 Å². The van der Waals surface area contributed by atoms with Crippen LogP contribution in [0.1, 0.15) is 39.7 Å². The fourth-order valence-electron chi connectivity index (χ4n) is 3.11. The Morgan fingerprint density at radius 1 is 1.16 bits per heavy atom. The minimum Gasteiger partial charge on any atom is -0.462 e. The fourth-order valence-corrected chi connectivity index (χ4v) is 4.09. The van der Waals surface area contributed by atoms with E-state index in [9.17, 15) is 4.79 Å². The molecule has 0 N–H and O–H groups in total. The summed E-state index contributed by atoms with van der Waals surface area (Å²) in [4.78, 5) is 14.5. The summed E-state index contributed by atoms with van der Waals surface area (Å²) >= 11 is 1.59. The van der Waals surface area contributed by atoms with Crippen molar-refractivity contribution in [2.45, 2.75) is 25.7 Å². The molecule has 1 amide bonds. The van der Waals surface area contributed by atoms with Gasteiger partial charge in [0.2, 0.25) is 0 Å². The van der Waals surface area contributed by atoms with Gasteiger partial charge in [-0.3, -0.25) is 4.79 Å². The molecule has 1 aliphatic rings. The molecular weight excluding hydrogens is 334 g/mol. The van der Waals surface area contributed by atoms with E-state index in [1.54, 1.807) is 17.6 Å². The maximum Gasteiger partial charge on any atom is 0.253 e. The largest absolute Gasteiger partial charge is 0.462 e. The first-order valence-electron chi connectivity index (χ1n) is 8.44. The topological polar surface area (TPSA) is 59.2 Å². The molecule has 0 aliphatic carbocycles. The van der Waals surface area contributed by atoms with Crippen molar-refractivity contribution in [2.24, 2.45) is 0 Å². The van der Waals surface area contributed by atoms with E-state index < -0.39 is 0 Å². The van der Waals surface area contributed by atoms with E-state index in [4.69, 9.17) is 4.42 Å². The van der Waals surface area contributed by atoms with E-state index in [2.05, 4.69) is 10.2 Å². The second-order valence-corrected chi connectivity index (χ2v) is 7.36. The lowest BCUT2D eigenvalue weighted by Crippen LogP contribution is -2.37. The number of amides is 1. The van der Waals surface area contributed by atoms with Crippen molar-refractivity contribution in [3.05, 3.63) is 58.8 Å². The highest BCUT2D eigenvalue weighted by atomic mass is 32.1. The lowest BCUT2D eigenvalue weighted by atomic mass is 9.97. The molecule has 0 saturated carbocycles. The Morgan fingerprint density at radius 3 is 2.60 bits per heavy atom. The molecule has 6 heteroatoms. The molecule has 0 spiro atoms. The van der Waals surface area contributed by atoms with E-state index in [-0.39, 0.29) is 5.91 Å². The van der Waals surface area contributed by atoms with Crippen molar-refractivity contribution >= 4 is 17.2 Å². The Kier molecular flexibility index (Phi) is 4.36. The van der Waals surface area contributed by atoms with E-state index in [0.717, 1.165) is 47.3 Å². The molecule has 0 radical (unpaired) electrons. The van der Waals surface area contributed by atoms with E-state index in [1.165, 1.54) is 5.56 Å². The SMILES string of the molecule is Cc1ccc(C(=O)N2CCC(c3nnc(-c4ccco4)s3)CC2)cc1. The first-order valence-corrected chi connectivity index (χ1v) is 9.25. The molecule has 0 atom stereocenters. The van der Waals surface area contributed by atoms with Gasteiger partial charge < -0.3 is 9.32 Å². The van der Waals surface area contributed by atoms with E-state index in [0.29, 0.717) is 5.92 Å². The summed E-state index contributed by atoms with van der Waals surface area (Å²) < 4.78 is 5.38. The maximum atomic E-state index is 12.6. The van der Waals surface area contributed by atoms with Crippen LogP contribution in [-0.2, 0) is 0 Å². The Labute approximate surface area is 150 Å². The normalized spacial score (nSPS) is 15.5. The summed E-state index contributed by atoms with van der Waals surface area (Å²) in [5, 5.41) is 10.4. The number of carbonyl (C=O) groups excluding carboxylic acids is 1. The third-order valence-corrected chi connectivity index (χ3v) is 5.70. The van der Waals surface area contributed by atoms with Gasteiger partial charge in [0.25, 0.3) is 5.91 Å². The number of furan rings is 1. The molecule has 1 aromatic carbocycles. The zero-order valence-electron chi connectivity index (χ0n) is 14.0. The van der Waals surface area contributed by atoms with Crippen LogP contribution >= 0.6 is 11.3 Å². The minimum absolute atomic E-state index is 0.118. The first kappa shape index (κ1) is 16.0. The number of benzene rings is 1. The van der Waals surface area contributed by atoms with Crippen molar-refractivity contribution in [3.8, 4) is 10.8 Å². The standard InChI is InChI=1S/C19H19N3O2S/c1-13-4-6-15(7-5-13)19(23)22-10-8-14(9-11-22)17-20-21-18(25-17)16-3-2-12-24-16/h2-7,12,14H,8-11H2,1H3. The number of likely N-dealkylation sites (tertiary alicyclic amines) is 1. The van der Waals surface area contributed by atoms with Crippen molar-refractivity contribution in [2.75, 3.05) is 13.1 Å². The molecule has 4 rings (SSSR count). The number of hydrogen-bond acceptors (Lipinski definition) is 5. The van der Waals surface area contributed by atoms with Crippen LogP contribution in [0.5, 0.6) is 0 Å². The number of nitrogens with zero attached hydrogens (tertiary/aromatic N) is 3. The maximum absolute atomic E-state index is 12.6. The lowest BCUT2D eigenvalue weighted by molar-refractivity contribution is 0.0713. The number of piperidine rings is 1. The van der Waals surface area contributed by atoms with Crippen molar-refractivity contribution < 1.29 is 9.21 Å².